The standard InChI is InChI=1S/C21H36N2O/c1-14-4-18(12-20(2,3)8-14)22-13-19(24)23-21-9-15-5-16(10-21)7-17(6-15)11-21/h14-18,22H,4-13H2,1-3H3,(H,23,24). The van der Waals surface area contributed by atoms with E-state index in [9.17, 15) is 4.79 Å². The molecule has 0 aromatic carbocycles. The van der Waals surface area contributed by atoms with Crippen LogP contribution in [0.5, 0.6) is 0 Å². The molecule has 5 aliphatic carbocycles. The summed E-state index contributed by atoms with van der Waals surface area (Å²) in [6.45, 7) is 7.60. The van der Waals surface area contributed by atoms with Crippen LogP contribution in [0.3, 0.4) is 0 Å². The van der Waals surface area contributed by atoms with Gasteiger partial charge in [-0.3, -0.25) is 4.79 Å². The molecular formula is C21H36N2O. The summed E-state index contributed by atoms with van der Waals surface area (Å²) in [5, 5.41) is 7.07. The lowest BCUT2D eigenvalue weighted by Crippen LogP contribution is -2.61. The van der Waals surface area contributed by atoms with E-state index in [0.29, 0.717) is 18.0 Å². The van der Waals surface area contributed by atoms with E-state index in [2.05, 4.69) is 31.4 Å². The molecule has 1 amide bonds. The largest absolute Gasteiger partial charge is 0.350 e. The molecule has 5 aliphatic rings. The molecule has 2 atom stereocenters. The van der Waals surface area contributed by atoms with Crippen molar-refractivity contribution in [1.82, 2.24) is 10.6 Å². The summed E-state index contributed by atoms with van der Waals surface area (Å²) in [7, 11) is 0. The second-order valence-corrected chi connectivity index (χ2v) is 10.7. The Bertz CT molecular complexity index is 463. The van der Waals surface area contributed by atoms with Gasteiger partial charge in [-0.2, -0.15) is 0 Å². The Labute approximate surface area is 147 Å². The SMILES string of the molecule is CC1CC(NCC(=O)NC23CC4CC(CC(C4)C2)C3)CC(C)(C)C1. The van der Waals surface area contributed by atoms with E-state index in [1.165, 1.54) is 57.8 Å². The summed E-state index contributed by atoms with van der Waals surface area (Å²) in [5.74, 6) is 3.68. The van der Waals surface area contributed by atoms with E-state index >= 15 is 0 Å². The molecule has 24 heavy (non-hydrogen) atoms. The molecule has 0 radical (unpaired) electrons. The van der Waals surface area contributed by atoms with Crippen LogP contribution in [0.25, 0.3) is 0 Å². The van der Waals surface area contributed by atoms with Gasteiger partial charge in [0.05, 0.1) is 6.54 Å². The average Bonchev–Trinajstić information content (AvgIpc) is 2.41. The topological polar surface area (TPSA) is 41.1 Å². The Hall–Kier alpha value is -0.570. The van der Waals surface area contributed by atoms with Gasteiger partial charge in [0.15, 0.2) is 0 Å². The molecule has 0 aliphatic heterocycles. The minimum atomic E-state index is 0.159. The number of carbonyl (C=O) groups is 1. The molecule has 5 rings (SSSR count). The molecule has 3 nitrogen and oxygen atoms in total. The smallest absolute Gasteiger partial charge is 0.234 e. The van der Waals surface area contributed by atoms with Gasteiger partial charge in [0.25, 0.3) is 0 Å². The van der Waals surface area contributed by atoms with E-state index in [4.69, 9.17) is 0 Å². The Kier molecular flexibility index (Phi) is 4.22. The van der Waals surface area contributed by atoms with Gasteiger partial charge in [-0.25, -0.2) is 0 Å². The maximum atomic E-state index is 12.6. The van der Waals surface area contributed by atoms with Crippen LogP contribution < -0.4 is 10.6 Å². The summed E-state index contributed by atoms with van der Waals surface area (Å²) in [6, 6.07) is 0.505. The number of rotatable bonds is 4. The van der Waals surface area contributed by atoms with Gasteiger partial charge < -0.3 is 10.6 Å². The molecule has 4 bridgehead atoms. The van der Waals surface area contributed by atoms with Crippen LogP contribution in [0, 0.1) is 29.1 Å². The molecule has 136 valence electrons. The van der Waals surface area contributed by atoms with Crippen molar-refractivity contribution in [2.24, 2.45) is 29.1 Å². The maximum absolute atomic E-state index is 12.6. The molecule has 0 heterocycles. The third kappa shape index (κ3) is 3.52. The van der Waals surface area contributed by atoms with Crippen molar-refractivity contribution in [1.29, 1.82) is 0 Å². The highest BCUT2D eigenvalue weighted by Crippen LogP contribution is 2.55. The number of hydrogen-bond acceptors (Lipinski definition) is 2. The first-order chi connectivity index (χ1) is 11.3. The first-order valence-corrected chi connectivity index (χ1v) is 10.4. The van der Waals surface area contributed by atoms with Gasteiger partial charge in [-0.1, -0.05) is 20.8 Å². The number of nitrogens with one attached hydrogen (secondary N) is 2. The van der Waals surface area contributed by atoms with Gasteiger partial charge in [-0.15, -0.1) is 0 Å². The summed E-state index contributed by atoms with van der Waals surface area (Å²) in [4.78, 5) is 12.6. The van der Waals surface area contributed by atoms with Crippen molar-refractivity contribution in [3.05, 3.63) is 0 Å². The molecule has 0 aromatic heterocycles. The molecule has 0 saturated heterocycles. The predicted molar refractivity (Wildman–Crippen MR) is 97.6 cm³/mol. The van der Waals surface area contributed by atoms with E-state index < -0.39 is 0 Å². The summed E-state index contributed by atoms with van der Waals surface area (Å²) < 4.78 is 0. The van der Waals surface area contributed by atoms with Crippen LogP contribution in [-0.4, -0.2) is 24.0 Å². The third-order valence-electron chi connectivity index (χ3n) is 7.38. The molecule has 2 unspecified atom stereocenters. The molecule has 5 fully saturated rings. The highest BCUT2D eigenvalue weighted by molar-refractivity contribution is 5.79. The fraction of sp³-hybridized carbons (Fsp3) is 0.952. The van der Waals surface area contributed by atoms with Gasteiger partial charge in [0, 0.05) is 11.6 Å². The molecule has 5 saturated carbocycles. The first kappa shape index (κ1) is 16.9. The van der Waals surface area contributed by atoms with Gasteiger partial charge in [0.2, 0.25) is 5.91 Å². The number of amides is 1. The quantitative estimate of drug-likeness (QED) is 0.820. The first-order valence-electron chi connectivity index (χ1n) is 10.4. The van der Waals surface area contributed by atoms with Crippen LogP contribution >= 0.6 is 0 Å². The van der Waals surface area contributed by atoms with E-state index in [1.54, 1.807) is 0 Å². The second-order valence-electron chi connectivity index (χ2n) is 10.7. The summed E-state index contributed by atoms with van der Waals surface area (Å²) in [5.41, 5.74) is 0.568. The lowest BCUT2D eigenvalue weighted by Gasteiger charge is -2.57. The van der Waals surface area contributed by atoms with E-state index in [-0.39, 0.29) is 11.4 Å². The van der Waals surface area contributed by atoms with Crippen molar-refractivity contribution in [2.75, 3.05) is 6.54 Å². The fourth-order valence-corrected chi connectivity index (χ4v) is 7.34. The molecule has 0 aromatic rings. The highest BCUT2D eigenvalue weighted by atomic mass is 16.2. The molecule has 3 heteroatoms. The lowest BCUT2D eigenvalue weighted by molar-refractivity contribution is -0.126. The van der Waals surface area contributed by atoms with Crippen LogP contribution in [-0.2, 0) is 4.79 Å². The highest BCUT2D eigenvalue weighted by Gasteiger charge is 2.51. The van der Waals surface area contributed by atoms with Crippen molar-refractivity contribution < 1.29 is 4.79 Å². The minimum Gasteiger partial charge on any atom is -0.350 e. The summed E-state index contributed by atoms with van der Waals surface area (Å²) in [6.07, 6.45) is 11.8. The van der Waals surface area contributed by atoms with Gasteiger partial charge in [-0.05, 0) is 86.9 Å². The van der Waals surface area contributed by atoms with Crippen molar-refractivity contribution in [3.8, 4) is 0 Å². The lowest BCUT2D eigenvalue weighted by atomic mass is 9.53. The zero-order chi connectivity index (χ0) is 16.9. The minimum absolute atomic E-state index is 0.159. The van der Waals surface area contributed by atoms with Gasteiger partial charge in [0.1, 0.15) is 0 Å². The van der Waals surface area contributed by atoms with Crippen LogP contribution in [0.1, 0.15) is 78.6 Å². The normalized spacial score (nSPS) is 46.0. The number of carbonyl (C=O) groups excluding carboxylic acids is 1. The third-order valence-corrected chi connectivity index (χ3v) is 7.38. The Morgan fingerprint density at radius 1 is 0.917 bits per heavy atom. The summed E-state index contributed by atoms with van der Waals surface area (Å²) >= 11 is 0. The van der Waals surface area contributed by atoms with Crippen LogP contribution in [0.15, 0.2) is 0 Å². The molecule has 2 N–H and O–H groups in total. The van der Waals surface area contributed by atoms with Crippen molar-refractivity contribution in [3.63, 3.8) is 0 Å². The fourth-order valence-electron chi connectivity index (χ4n) is 7.34. The van der Waals surface area contributed by atoms with Gasteiger partial charge >= 0.3 is 0 Å². The molecular weight excluding hydrogens is 296 g/mol. The van der Waals surface area contributed by atoms with Crippen LogP contribution in [0.4, 0.5) is 0 Å². The van der Waals surface area contributed by atoms with E-state index in [0.717, 1.165) is 23.7 Å². The monoisotopic (exact) mass is 332 g/mol. The molecule has 0 spiro atoms. The Morgan fingerprint density at radius 3 is 2.04 bits per heavy atom. The predicted octanol–water partition coefficient (Wildman–Crippen LogP) is 3.88. The average molecular weight is 333 g/mol. The Balaban J connectivity index is 1.30. The zero-order valence-corrected chi connectivity index (χ0v) is 15.9. The van der Waals surface area contributed by atoms with Crippen molar-refractivity contribution in [2.45, 2.75) is 90.1 Å². The van der Waals surface area contributed by atoms with Crippen molar-refractivity contribution >= 4 is 5.91 Å². The maximum Gasteiger partial charge on any atom is 0.234 e. The second kappa shape index (κ2) is 6.00. The van der Waals surface area contributed by atoms with Crippen LogP contribution in [0.2, 0.25) is 0 Å². The zero-order valence-electron chi connectivity index (χ0n) is 15.9. The van der Waals surface area contributed by atoms with E-state index in [1.807, 2.05) is 0 Å². The number of hydrogen-bond donors (Lipinski definition) is 2. The Morgan fingerprint density at radius 2 is 1.50 bits per heavy atom.